The number of amides is 3. The number of urea groups is 1. The number of ether oxygens (including phenoxy) is 1. The fourth-order valence-electron chi connectivity index (χ4n) is 4.02. The van der Waals surface area contributed by atoms with Crippen LogP contribution in [0.25, 0.3) is 0 Å². The zero-order valence-corrected chi connectivity index (χ0v) is 17.5. The lowest BCUT2D eigenvalue weighted by Crippen LogP contribution is -2.45. The SMILES string of the molecule is O=C(NCC1CCCO1)Nc1ccc(NC(=O)C2(c3ccc(Cl)cc3)CCC2)cc1. The molecule has 1 unspecified atom stereocenters. The fraction of sp³-hybridized carbons (Fsp3) is 0.391. The quantitative estimate of drug-likeness (QED) is 0.625. The molecular formula is C23H26ClN3O3. The Labute approximate surface area is 181 Å². The molecule has 0 aromatic heterocycles. The Kier molecular flexibility index (Phi) is 6.25. The fourth-order valence-corrected chi connectivity index (χ4v) is 4.15. The number of carbonyl (C=O) groups excluding carboxylic acids is 2. The van der Waals surface area contributed by atoms with Crippen LogP contribution in [0.2, 0.25) is 5.02 Å². The van der Waals surface area contributed by atoms with Gasteiger partial charge in [-0.1, -0.05) is 30.2 Å². The number of rotatable bonds is 6. The third-order valence-electron chi connectivity index (χ3n) is 5.95. The standard InChI is InChI=1S/C23H26ClN3O3/c24-17-6-4-16(5-7-17)23(12-2-13-23)21(28)26-18-8-10-19(11-9-18)27-22(29)25-15-20-3-1-14-30-20/h4-11,20H,1-3,12-15H2,(H,26,28)(H2,25,27,29). The molecule has 30 heavy (non-hydrogen) atoms. The van der Waals surface area contributed by atoms with Crippen LogP contribution in [0.3, 0.4) is 0 Å². The van der Waals surface area contributed by atoms with Crippen LogP contribution in [0.15, 0.2) is 48.5 Å². The van der Waals surface area contributed by atoms with Gasteiger partial charge in [0.2, 0.25) is 5.91 Å². The van der Waals surface area contributed by atoms with Crippen molar-refractivity contribution in [1.29, 1.82) is 0 Å². The van der Waals surface area contributed by atoms with E-state index in [0.29, 0.717) is 22.9 Å². The molecule has 0 spiro atoms. The number of hydrogen-bond donors (Lipinski definition) is 3. The van der Waals surface area contributed by atoms with Crippen LogP contribution >= 0.6 is 11.6 Å². The first-order valence-corrected chi connectivity index (χ1v) is 10.8. The van der Waals surface area contributed by atoms with E-state index in [9.17, 15) is 9.59 Å². The van der Waals surface area contributed by atoms with E-state index >= 15 is 0 Å². The molecule has 2 aliphatic rings. The van der Waals surface area contributed by atoms with E-state index in [4.69, 9.17) is 16.3 Å². The molecule has 2 fully saturated rings. The van der Waals surface area contributed by atoms with Crippen molar-refractivity contribution in [2.24, 2.45) is 0 Å². The smallest absolute Gasteiger partial charge is 0.319 e. The van der Waals surface area contributed by atoms with Crippen molar-refractivity contribution < 1.29 is 14.3 Å². The predicted octanol–water partition coefficient (Wildman–Crippen LogP) is 4.70. The first-order valence-electron chi connectivity index (χ1n) is 10.4. The van der Waals surface area contributed by atoms with Crippen LogP contribution in [-0.4, -0.2) is 31.2 Å². The van der Waals surface area contributed by atoms with Gasteiger partial charge in [0.05, 0.1) is 11.5 Å². The third-order valence-corrected chi connectivity index (χ3v) is 6.21. The molecule has 0 bridgehead atoms. The van der Waals surface area contributed by atoms with Crippen molar-refractivity contribution in [3.05, 3.63) is 59.1 Å². The lowest BCUT2D eigenvalue weighted by molar-refractivity contribution is -0.124. The number of hydrogen-bond acceptors (Lipinski definition) is 3. The summed E-state index contributed by atoms with van der Waals surface area (Å²) in [4.78, 5) is 25.1. The summed E-state index contributed by atoms with van der Waals surface area (Å²) < 4.78 is 5.50. The van der Waals surface area contributed by atoms with Gasteiger partial charge in [0.25, 0.3) is 0 Å². The molecule has 3 N–H and O–H groups in total. The van der Waals surface area contributed by atoms with Crippen LogP contribution in [-0.2, 0) is 14.9 Å². The second kappa shape index (κ2) is 9.06. The maximum atomic E-state index is 13.0. The molecule has 2 aromatic carbocycles. The van der Waals surface area contributed by atoms with Crippen LogP contribution in [0.1, 0.15) is 37.7 Å². The summed E-state index contributed by atoms with van der Waals surface area (Å²) in [6.07, 6.45) is 4.80. The molecule has 4 rings (SSSR count). The summed E-state index contributed by atoms with van der Waals surface area (Å²) in [5.41, 5.74) is 1.86. The first-order chi connectivity index (χ1) is 14.5. The third kappa shape index (κ3) is 4.60. The molecule has 1 saturated heterocycles. The summed E-state index contributed by atoms with van der Waals surface area (Å²) >= 11 is 5.99. The van der Waals surface area contributed by atoms with Crippen molar-refractivity contribution in [2.45, 2.75) is 43.6 Å². The number of benzene rings is 2. The summed E-state index contributed by atoms with van der Waals surface area (Å²) in [5.74, 6) is -0.00825. The van der Waals surface area contributed by atoms with Crippen molar-refractivity contribution in [3.8, 4) is 0 Å². The van der Waals surface area contributed by atoms with Gasteiger partial charge in [-0.25, -0.2) is 4.79 Å². The molecule has 158 valence electrons. The number of anilines is 2. The molecule has 1 aliphatic heterocycles. The van der Waals surface area contributed by atoms with Gasteiger partial charge < -0.3 is 20.7 Å². The maximum absolute atomic E-state index is 13.0. The summed E-state index contributed by atoms with van der Waals surface area (Å²) in [5, 5.41) is 9.31. The van der Waals surface area contributed by atoms with Crippen LogP contribution in [0, 0.1) is 0 Å². The van der Waals surface area contributed by atoms with E-state index in [1.54, 1.807) is 24.3 Å². The predicted molar refractivity (Wildman–Crippen MR) is 118 cm³/mol. The molecule has 1 saturated carbocycles. The Bertz CT molecular complexity index is 889. The topological polar surface area (TPSA) is 79.5 Å². The zero-order chi connectivity index (χ0) is 21.0. The van der Waals surface area contributed by atoms with Crippen molar-refractivity contribution >= 4 is 34.9 Å². The minimum Gasteiger partial charge on any atom is -0.376 e. The molecular weight excluding hydrogens is 402 g/mol. The van der Waals surface area contributed by atoms with Gasteiger partial charge in [-0.15, -0.1) is 0 Å². The van der Waals surface area contributed by atoms with Crippen LogP contribution in [0.5, 0.6) is 0 Å². The van der Waals surface area contributed by atoms with Gasteiger partial charge in [-0.3, -0.25) is 4.79 Å². The number of carbonyl (C=O) groups is 2. The Balaban J connectivity index is 1.33. The van der Waals surface area contributed by atoms with Gasteiger partial charge in [0, 0.05) is 29.5 Å². The molecule has 1 heterocycles. The number of nitrogens with one attached hydrogen (secondary N) is 3. The Morgan fingerprint density at radius 1 is 0.967 bits per heavy atom. The average Bonchev–Trinajstić information content (AvgIpc) is 3.22. The molecule has 1 atom stereocenters. The van der Waals surface area contributed by atoms with E-state index in [2.05, 4.69) is 16.0 Å². The van der Waals surface area contributed by atoms with Crippen molar-refractivity contribution in [1.82, 2.24) is 5.32 Å². The molecule has 1 aliphatic carbocycles. The normalized spacial score (nSPS) is 19.6. The molecule has 6 nitrogen and oxygen atoms in total. The summed E-state index contributed by atoms with van der Waals surface area (Å²) in [7, 11) is 0. The Hall–Kier alpha value is -2.57. The minimum absolute atomic E-state index is 0.00825. The average molecular weight is 428 g/mol. The molecule has 3 amide bonds. The molecule has 0 radical (unpaired) electrons. The number of halogens is 1. The Morgan fingerprint density at radius 2 is 1.63 bits per heavy atom. The minimum atomic E-state index is -0.496. The molecule has 7 heteroatoms. The largest absolute Gasteiger partial charge is 0.376 e. The van der Waals surface area contributed by atoms with Crippen LogP contribution in [0.4, 0.5) is 16.2 Å². The van der Waals surface area contributed by atoms with Gasteiger partial charge in [-0.2, -0.15) is 0 Å². The van der Waals surface area contributed by atoms with Crippen molar-refractivity contribution in [3.63, 3.8) is 0 Å². The summed E-state index contributed by atoms with van der Waals surface area (Å²) in [6.45, 7) is 1.27. The van der Waals surface area contributed by atoms with E-state index in [0.717, 1.165) is 44.3 Å². The van der Waals surface area contributed by atoms with Gasteiger partial charge in [-0.05, 0) is 67.6 Å². The van der Waals surface area contributed by atoms with E-state index in [1.165, 1.54) is 0 Å². The van der Waals surface area contributed by atoms with E-state index < -0.39 is 5.41 Å². The van der Waals surface area contributed by atoms with E-state index in [1.807, 2.05) is 24.3 Å². The highest BCUT2D eigenvalue weighted by molar-refractivity contribution is 6.30. The lowest BCUT2D eigenvalue weighted by Gasteiger charge is -2.40. The van der Waals surface area contributed by atoms with Gasteiger partial charge >= 0.3 is 6.03 Å². The maximum Gasteiger partial charge on any atom is 0.319 e. The Morgan fingerprint density at radius 3 is 2.20 bits per heavy atom. The monoisotopic (exact) mass is 427 g/mol. The second-order valence-electron chi connectivity index (χ2n) is 7.94. The highest BCUT2D eigenvalue weighted by Gasteiger charge is 2.45. The lowest BCUT2D eigenvalue weighted by atomic mass is 9.64. The van der Waals surface area contributed by atoms with Crippen LogP contribution < -0.4 is 16.0 Å². The first kappa shape index (κ1) is 20.7. The zero-order valence-electron chi connectivity index (χ0n) is 16.7. The second-order valence-corrected chi connectivity index (χ2v) is 8.38. The highest BCUT2D eigenvalue weighted by atomic mass is 35.5. The van der Waals surface area contributed by atoms with E-state index in [-0.39, 0.29) is 18.0 Å². The van der Waals surface area contributed by atoms with Crippen molar-refractivity contribution in [2.75, 3.05) is 23.8 Å². The molecule has 2 aromatic rings. The van der Waals surface area contributed by atoms with Gasteiger partial charge in [0.15, 0.2) is 0 Å². The highest BCUT2D eigenvalue weighted by Crippen LogP contribution is 2.44. The van der Waals surface area contributed by atoms with Gasteiger partial charge in [0.1, 0.15) is 0 Å². The summed E-state index contributed by atoms with van der Waals surface area (Å²) in [6, 6.07) is 14.4.